The SMILES string of the molecule is CNC(=S)N/N=C\c1c(Cl)ccc(Cl)c1Cl. The van der Waals surface area contributed by atoms with Gasteiger partial charge in [-0.25, -0.2) is 0 Å². The minimum absolute atomic E-state index is 0.357. The molecule has 0 fully saturated rings. The number of halogens is 3. The largest absolute Gasteiger partial charge is 0.364 e. The minimum atomic E-state index is 0.357. The molecular formula is C9H8Cl3N3S. The third kappa shape index (κ3) is 3.49. The van der Waals surface area contributed by atoms with E-state index >= 15 is 0 Å². The van der Waals surface area contributed by atoms with E-state index in [0.29, 0.717) is 25.7 Å². The highest BCUT2D eigenvalue weighted by atomic mass is 35.5. The Morgan fingerprint density at radius 1 is 1.31 bits per heavy atom. The van der Waals surface area contributed by atoms with Crippen LogP contribution in [0.2, 0.25) is 15.1 Å². The summed E-state index contributed by atoms with van der Waals surface area (Å²) in [6.45, 7) is 0. The second kappa shape index (κ2) is 6.25. The van der Waals surface area contributed by atoms with Gasteiger partial charge in [-0.1, -0.05) is 34.8 Å². The Labute approximate surface area is 114 Å². The number of thiocarbonyl (C=S) groups is 1. The Hall–Kier alpha value is -0.550. The van der Waals surface area contributed by atoms with E-state index < -0.39 is 0 Å². The van der Waals surface area contributed by atoms with Crippen molar-refractivity contribution in [3.05, 3.63) is 32.8 Å². The number of rotatable bonds is 2. The quantitative estimate of drug-likeness (QED) is 0.381. The first-order valence-electron chi connectivity index (χ1n) is 4.20. The molecule has 0 saturated heterocycles. The molecule has 1 rings (SSSR count). The molecule has 0 amide bonds. The van der Waals surface area contributed by atoms with Gasteiger partial charge in [0.25, 0.3) is 0 Å². The maximum absolute atomic E-state index is 5.96. The molecule has 0 heterocycles. The van der Waals surface area contributed by atoms with Gasteiger partial charge in [0.05, 0.1) is 21.3 Å². The molecule has 0 spiro atoms. The lowest BCUT2D eigenvalue weighted by molar-refractivity contribution is 0.982. The predicted molar refractivity (Wildman–Crippen MR) is 73.9 cm³/mol. The Kier molecular flexibility index (Phi) is 5.28. The molecular weight excluding hydrogens is 289 g/mol. The van der Waals surface area contributed by atoms with E-state index in [-0.39, 0.29) is 0 Å². The first-order valence-corrected chi connectivity index (χ1v) is 5.74. The molecule has 16 heavy (non-hydrogen) atoms. The fourth-order valence-corrected chi connectivity index (χ4v) is 1.56. The zero-order valence-electron chi connectivity index (χ0n) is 8.22. The van der Waals surface area contributed by atoms with Crippen LogP contribution in [-0.4, -0.2) is 18.4 Å². The Bertz CT molecular complexity index is 434. The maximum Gasteiger partial charge on any atom is 0.186 e. The van der Waals surface area contributed by atoms with Crippen molar-refractivity contribution in [3.63, 3.8) is 0 Å². The molecule has 0 radical (unpaired) electrons. The summed E-state index contributed by atoms with van der Waals surface area (Å²) in [5.41, 5.74) is 3.13. The number of hydrogen-bond acceptors (Lipinski definition) is 2. The molecule has 2 N–H and O–H groups in total. The van der Waals surface area contributed by atoms with E-state index in [2.05, 4.69) is 15.8 Å². The lowest BCUT2D eigenvalue weighted by Crippen LogP contribution is -2.28. The van der Waals surface area contributed by atoms with E-state index in [1.807, 2.05) is 0 Å². The molecule has 0 atom stereocenters. The highest BCUT2D eigenvalue weighted by molar-refractivity contribution is 7.80. The van der Waals surface area contributed by atoms with Crippen molar-refractivity contribution in [2.24, 2.45) is 5.10 Å². The van der Waals surface area contributed by atoms with Crippen LogP contribution in [0.1, 0.15) is 5.56 Å². The molecule has 0 bridgehead atoms. The topological polar surface area (TPSA) is 36.4 Å². The van der Waals surface area contributed by atoms with Gasteiger partial charge in [0.15, 0.2) is 5.11 Å². The Balaban J connectivity index is 2.88. The van der Waals surface area contributed by atoms with Crippen molar-refractivity contribution in [1.82, 2.24) is 10.7 Å². The van der Waals surface area contributed by atoms with Gasteiger partial charge in [-0.15, -0.1) is 0 Å². The third-order valence-corrected chi connectivity index (χ3v) is 3.11. The van der Waals surface area contributed by atoms with Crippen molar-refractivity contribution in [3.8, 4) is 0 Å². The summed E-state index contributed by atoms with van der Waals surface area (Å²) in [6, 6.07) is 3.27. The van der Waals surface area contributed by atoms with Crippen molar-refractivity contribution < 1.29 is 0 Å². The van der Waals surface area contributed by atoms with Crippen LogP contribution in [0.3, 0.4) is 0 Å². The number of nitrogens with zero attached hydrogens (tertiary/aromatic N) is 1. The molecule has 7 heteroatoms. The van der Waals surface area contributed by atoms with Crippen LogP contribution in [0, 0.1) is 0 Å². The molecule has 0 saturated carbocycles. The van der Waals surface area contributed by atoms with Crippen LogP contribution in [-0.2, 0) is 0 Å². The van der Waals surface area contributed by atoms with Crippen LogP contribution in [0.15, 0.2) is 17.2 Å². The molecule has 0 aliphatic rings. The Morgan fingerprint density at radius 2 is 1.94 bits per heavy atom. The van der Waals surface area contributed by atoms with Crippen LogP contribution in [0.4, 0.5) is 0 Å². The number of hydrogen-bond donors (Lipinski definition) is 2. The predicted octanol–water partition coefficient (Wildman–Crippen LogP) is 3.07. The summed E-state index contributed by atoms with van der Waals surface area (Å²) in [7, 11) is 1.68. The van der Waals surface area contributed by atoms with Crippen LogP contribution in [0.5, 0.6) is 0 Å². The van der Waals surface area contributed by atoms with Crippen molar-refractivity contribution >= 4 is 58.3 Å². The monoisotopic (exact) mass is 295 g/mol. The van der Waals surface area contributed by atoms with Crippen molar-refractivity contribution in [2.45, 2.75) is 0 Å². The second-order valence-electron chi connectivity index (χ2n) is 2.71. The summed E-state index contributed by atoms with van der Waals surface area (Å²) in [5, 5.41) is 8.21. The van der Waals surface area contributed by atoms with Gasteiger partial charge < -0.3 is 5.32 Å². The molecule has 1 aromatic rings. The van der Waals surface area contributed by atoms with Gasteiger partial charge in [0.1, 0.15) is 0 Å². The summed E-state index contributed by atoms with van der Waals surface area (Å²) < 4.78 is 0. The first kappa shape index (κ1) is 13.5. The summed E-state index contributed by atoms with van der Waals surface area (Å²) in [4.78, 5) is 0. The third-order valence-electron chi connectivity index (χ3n) is 1.67. The van der Waals surface area contributed by atoms with Crippen LogP contribution < -0.4 is 10.7 Å². The Morgan fingerprint density at radius 3 is 2.56 bits per heavy atom. The molecule has 1 aromatic carbocycles. The maximum atomic E-state index is 5.96. The second-order valence-corrected chi connectivity index (χ2v) is 4.31. The summed E-state index contributed by atoms with van der Waals surface area (Å²) in [5.74, 6) is 0. The standard InChI is InChI=1S/C9H8Cl3N3S/c1-13-9(16)15-14-4-5-6(10)2-3-7(11)8(5)12/h2-4H,1H3,(H2,13,15,16)/b14-4-. The van der Waals surface area contributed by atoms with Gasteiger partial charge in [0.2, 0.25) is 0 Å². The van der Waals surface area contributed by atoms with Gasteiger partial charge in [-0.3, -0.25) is 5.43 Å². The fraction of sp³-hybridized carbons (Fsp3) is 0.111. The molecule has 0 unspecified atom stereocenters. The van der Waals surface area contributed by atoms with Gasteiger partial charge >= 0.3 is 0 Å². The summed E-state index contributed by atoms with van der Waals surface area (Å²) in [6.07, 6.45) is 1.46. The van der Waals surface area contributed by atoms with Crippen molar-refractivity contribution in [1.29, 1.82) is 0 Å². The molecule has 86 valence electrons. The van der Waals surface area contributed by atoms with Gasteiger partial charge in [-0.05, 0) is 24.4 Å². The highest BCUT2D eigenvalue weighted by Crippen LogP contribution is 2.29. The number of nitrogens with one attached hydrogen (secondary N) is 2. The molecule has 0 aliphatic carbocycles. The smallest absolute Gasteiger partial charge is 0.186 e. The molecule has 0 aromatic heterocycles. The zero-order chi connectivity index (χ0) is 12.1. The molecule has 0 aliphatic heterocycles. The average Bonchev–Trinajstić information content (AvgIpc) is 2.28. The highest BCUT2D eigenvalue weighted by Gasteiger charge is 2.07. The number of benzene rings is 1. The minimum Gasteiger partial charge on any atom is -0.364 e. The fourth-order valence-electron chi connectivity index (χ4n) is 0.872. The van der Waals surface area contributed by atoms with Gasteiger partial charge in [0, 0.05) is 12.6 Å². The van der Waals surface area contributed by atoms with Crippen molar-refractivity contribution in [2.75, 3.05) is 7.05 Å². The lowest BCUT2D eigenvalue weighted by atomic mass is 10.2. The van der Waals surface area contributed by atoms with Crippen LogP contribution in [0.25, 0.3) is 0 Å². The molecule has 3 nitrogen and oxygen atoms in total. The van der Waals surface area contributed by atoms with E-state index in [4.69, 9.17) is 47.0 Å². The average molecular weight is 297 g/mol. The number of hydrazone groups is 1. The normalized spacial score (nSPS) is 10.5. The van der Waals surface area contributed by atoms with Crippen LogP contribution >= 0.6 is 47.0 Å². The lowest BCUT2D eigenvalue weighted by Gasteiger charge is -2.04. The van der Waals surface area contributed by atoms with Gasteiger partial charge in [-0.2, -0.15) is 5.10 Å². The first-order chi connectivity index (χ1) is 7.56. The van der Waals surface area contributed by atoms with E-state index in [1.165, 1.54) is 6.21 Å². The summed E-state index contributed by atoms with van der Waals surface area (Å²) >= 11 is 22.6. The van der Waals surface area contributed by atoms with E-state index in [9.17, 15) is 0 Å². The van der Waals surface area contributed by atoms with E-state index in [1.54, 1.807) is 19.2 Å². The van der Waals surface area contributed by atoms with E-state index in [0.717, 1.165) is 0 Å². The zero-order valence-corrected chi connectivity index (χ0v) is 11.3.